The number of carbonyl (C=O) groups is 2. The Hall–Kier alpha value is -3.60. The quantitative estimate of drug-likeness (QED) is 0.0372. The number of allylic oxidation sites excluding steroid dienone is 18. The zero-order valence-corrected chi connectivity index (χ0v) is 33.7. The van der Waals surface area contributed by atoms with E-state index in [0.717, 1.165) is 64.2 Å². The molecule has 1 aliphatic rings. The van der Waals surface area contributed by atoms with Gasteiger partial charge in [-0.25, -0.2) is 0 Å². The Kier molecular flexibility index (Phi) is 31.3. The van der Waals surface area contributed by atoms with Crippen LogP contribution >= 0.6 is 0 Å². The van der Waals surface area contributed by atoms with Crippen LogP contribution in [0.25, 0.3) is 0 Å². The maximum Gasteiger partial charge on any atom is 0.306 e. The Balaban J connectivity index is 2.48. The first kappa shape index (κ1) is 49.4. The Morgan fingerprint density at radius 3 is 1.53 bits per heavy atom. The molecule has 1 heterocycles. The third-order valence-electron chi connectivity index (χ3n) is 8.56. The fourth-order valence-corrected chi connectivity index (χ4v) is 5.27. The van der Waals surface area contributed by atoms with E-state index in [4.69, 9.17) is 18.9 Å². The number of esters is 2. The van der Waals surface area contributed by atoms with Crippen molar-refractivity contribution in [3.8, 4) is 0 Å². The molecule has 1 fully saturated rings. The molecule has 0 bridgehead atoms. The smallest absolute Gasteiger partial charge is 0.306 e. The van der Waals surface area contributed by atoms with Crippen LogP contribution in [0.5, 0.6) is 0 Å². The van der Waals surface area contributed by atoms with Gasteiger partial charge in [-0.3, -0.25) is 9.59 Å². The summed E-state index contributed by atoms with van der Waals surface area (Å²) in [6.45, 7) is 5.07. The van der Waals surface area contributed by atoms with Crippen molar-refractivity contribution in [2.24, 2.45) is 5.92 Å². The summed E-state index contributed by atoms with van der Waals surface area (Å²) in [7, 11) is 0. The van der Waals surface area contributed by atoms with Gasteiger partial charge < -0.3 is 34.3 Å². The molecular formula is C46H70O9. The van der Waals surface area contributed by atoms with Crippen LogP contribution in [0, 0.1) is 5.92 Å². The average molecular weight is 767 g/mol. The summed E-state index contributed by atoms with van der Waals surface area (Å²) in [6.07, 6.45) is 43.1. The SMILES string of the molecule is CC/C=C\C/C=C\C/C=C\C/C=C\C/C=C\CCCC(=O)OCC(COC1OC(CO)C(C)C(O)C1O)OC(=O)CC/C=C\C/C=C\C/C=C\C/C=C\CC. The maximum absolute atomic E-state index is 12.7. The van der Waals surface area contributed by atoms with E-state index in [2.05, 4.69) is 105 Å². The number of rotatable bonds is 30. The lowest BCUT2D eigenvalue weighted by atomic mass is 9.91. The van der Waals surface area contributed by atoms with Crippen LogP contribution in [0.3, 0.4) is 0 Å². The highest BCUT2D eigenvalue weighted by Crippen LogP contribution is 2.26. The monoisotopic (exact) mass is 767 g/mol. The normalized spacial score (nSPS) is 21.7. The van der Waals surface area contributed by atoms with Crippen LogP contribution < -0.4 is 0 Å². The van der Waals surface area contributed by atoms with Crippen molar-refractivity contribution < 1.29 is 43.9 Å². The predicted octanol–water partition coefficient (Wildman–Crippen LogP) is 9.04. The first-order valence-corrected chi connectivity index (χ1v) is 20.3. The van der Waals surface area contributed by atoms with Crippen molar-refractivity contribution in [1.82, 2.24) is 0 Å². The number of unbranched alkanes of at least 4 members (excludes halogenated alkanes) is 1. The van der Waals surface area contributed by atoms with E-state index >= 15 is 0 Å². The molecule has 6 unspecified atom stereocenters. The minimum atomic E-state index is -1.37. The first-order chi connectivity index (χ1) is 26.8. The van der Waals surface area contributed by atoms with Gasteiger partial charge in [-0.15, -0.1) is 0 Å². The third kappa shape index (κ3) is 26.8. The van der Waals surface area contributed by atoms with Crippen molar-refractivity contribution in [2.75, 3.05) is 19.8 Å². The van der Waals surface area contributed by atoms with Crippen LogP contribution in [0.2, 0.25) is 0 Å². The van der Waals surface area contributed by atoms with Crippen LogP contribution in [-0.4, -0.2) is 77.8 Å². The largest absolute Gasteiger partial charge is 0.462 e. The second-order valence-electron chi connectivity index (χ2n) is 13.3. The van der Waals surface area contributed by atoms with Crippen LogP contribution in [0.4, 0.5) is 0 Å². The highest BCUT2D eigenvalue weighted by atomic mass is 16.7. The van der Waals surface area contributed by atoms with Gasteiger partial charge in [-0.05, 0) is 77.0 Å². The summed E-state index contributed by atoms with van der Waals surface area (Å²) >= 11 is 0. The summed E-state index contributed by atoms with van der Waals surface area (Å²) < 4.78 is 22.4. The number of aliphatic hydroxyl groups is 3. The van der Waals surface area contributed by atoms with Gasteiger partial charge in [0.2, 0.25) is 0 Å². The lowest BCUT2D eigenvalue weighted by molar-refractivity contribution is -0.293. The number of hydrogen-bond donors (Lipinski definition) is 3. The lowest BCUT2D eigenvalue weighted by Gasteiger charge is -2.40. The summed E-state index contributed by atoms with van der Waals surface area (Å²) in [5, 5.41) is 30.5. The number of aliphatic hydroxyl groups excluding tert-OH is 3. The highest BCUT2D eigenvalue weighted by molar-refractivity contribution is 5.70. The molecule has 0 saturated carbocycles. The Morgan fingerprint density at radius 2 is 1.05 bits per heavy atom. The third-order valence-corrected chi connectivity index (χ3v) is 8.56. The molecule has 9 nitrogen and oxygen atoms in total. The molecule has 308 valence electrons. The molecule has 0 radical (unpaired) electrons. The summed E-state index contributed by atoms with van der Waals surface area (Å²) in [6, 6.07) is 0. The van der Waals surface area contributed by atoms with Crippen molar-refractivity contribution in [2.45, 2.75) is 141 Å². The number of ether oxygens (including phenoxy) is 4. The van der Waals surface area contributed by atoms with Gasteiger partial charge in [-0.2, -0.15) is 0 Å². The van der Waals surface area contributed by atoms with E-state index in [1.807, 2.05) is 18.2 Å². The highest BCUT2D eigenvalue weighted by Gasteiger charge is 2.42. The van der Waals surface area contributed by atoms with Gasteiger partial charge in [0.05, 0.1) is 25.4 Å². The number of hydrogen-bond acceptors (Lipinski definition) is 9. The molecule has 0 aromatic carbocycles. The molecule has 0 aromatic heterocycles. The molecule has 0 spiro atoms. The zero-order chi connectivity index (χ0) is 40.2. The molecule has 1 rings (SSSR count). The summed E-state index contributed by atoms with van der Waals surface area (Å²) in [5.41, 5.74) is 0. The molecule has 55 heavy (non-hydrogen) atoms. The molecule has 1 saturated heterocycles. The van der Waals surface area contributed by atoms with Crippen LogP contribution in [-0.2, 0) is 28.5 Å². The van der Waals surface area contributed by atoms with Crippen molar-refractivity contribution >= 4 is 11.9 Å². The second-order valence-corrected chi connectivity index (χ2v) is 13.3. The second kappa shape index (κ2) is 34.9. The number of carbonyl (C=O) groups excluding carboxylic acids is 2. The van der Waals surface area contributed by atoms with E-state index in [1.165, 1.54) is 0 Å². The van der Waals surface area contributed by atoms with Gasteiger partial charge in [0, 0.05) is 18.8 Å². The van der Waals surface area contributed by atoms with Gasteiger partial charge in [0.25, 0.3) is 0 Å². The minimum Gasteiger partial charge on any atom is -0.462 e. The molecule has 0 aromatic rings. The average Bonchev–Trinajstić information content (AvgIpc) is 3.18. The first-order valence-electron chi connectivity index (χ1n) is 20.3. The predicted molar refractivity (Wildman–Crippen MR) is 222 cm³/mol. The standard InChI is InChI=1S/C46H70O9/c1-4-6-8-10-12-14-16-18-19-20-21-23-24-26-28-30-32-34-42(48)52-37-40(38-53-46-45(51)44(50)39(3)41(36-47)55-46)54-43(49)35-33-31-29-27-25-22-17-15-13-11-9-7-5-2/h6-9,12-15,18-19,21-23,25-26,28-29,31,39-41,44-47,50-51H,4-5,10-11,16-17,20,24,27,30,32-38H2,1-3H3/b8-6-,9-7-,14-12-,15-13-,19-18-,23-21-,25-22-,28-26-,31-29-. The fraction of sp³-hybridized carbons (Fsp3) is 0.565. The van der Waals surface area contributed by atoms with E-state index in [-0.39, 0.29) is 32.7 Å². The van der Waals surface area contributed by atoms with Gasteiger partial charge >= 0.3 is 11.9 Å². The van der Waals surface area contributed by atoms with Crippen molar-refractivity contribution in [3.05, 3.63) is 109 Å². The van der Waals surface area contributed by atoms with Gasteiger partial charge in [-0.1, -0.05) is 130 Å². The van der Waals surface area contributed by atoms with E-state index in [1.54, 1.807) is 6.92 Å². The summed E-state index contributed by atoms with van der Waals surface area (Å²) in [4.78, 5) is 25.2. The molecule has 1 aliphatic heterocycles. The molecule has 9 heteroatoms. The van der Waals surface area contributed by atoms with Crippen molar-refractivity contribution in [1.29, 1.82) is 0 Å². The van der Waals surface area contributed by atoms with E-state index in [9.17, 15) is 24.9 Å². The van der Waals surface area contributed by atoms with Crippen LogP contribution in [0.15, 0.2) is 109 Å². The van der Waals surface area contributed by atoms with Gasteiger partial charge in [0.1, 0.15) is 12.7 Å². The summed E-state index contributed by atoms with van der Waals surface area (Å²) in [5.74, 6) is -1.42. The minimum absolute atomic E-state index is 0.122. The Labute approximate surface area is 331 Å². The Morgan fingerprint density at radius 1 is 0.600 bits per heavy atom. The Bertz CT molecular complexity index is 1250. The molecular weight excluding hydrogens is 696 g/mol. The lowest BCUT2D eigenvalue weighted by Crippen LogP contribution is -2.55. The molecule has 0 amide bonds. The van der Waals surface area contributed by atoms with Crippen molar-refractivity contribution in [3.63, 3.8) is 0 Å². The molecule has 0 aliphatic carbocycles. The van der Waals surface area contributed by atoms with E-state index in [0.29, 0.717) is 12.8 Å². The molecule has 6 atom stereocenters. The van der Waals surface area contributed by atoms with Crippen LogP contribution in [0.1, 0.15) is 111 Å². The maximum atomic E-state index is 12.7. The van der Waals surface area contributed by atoms with Gasteiger partial charge in [0.15, 0.2) is 12.4 Å². The van der Waals surface area contributed by atoms with E-state index < -0.39 is 48.6 Å². The topological polar surface area (TPSA) is 132 Å². The zero-order valence-electron chi connectivity index (χ0n) is 33.7. The fourth-order valence-electron chi connectivity index (χ4n) is 5.27. The molecule has 3 N–H and O–H groups in total.